The van der Waals surface area contributed by atoms with Crippen LogP contribution in [-0.4, -0.2) is 37.1 Å². The van der Waals surface area contributed by atoms with Gasteiger partial charge in [0.2, 0.25) is 5.91 Å². The molecular formula is C31H32ClN5O2S. The van der Waals surface area contributed by atoms with Crippen molar-refractivity contribution in [2.75, 3.05) is 11.9 Å². The average Bonchev–Trinajstić information content (AvgIpc) is 3.41. The Bertz CT molecular complexity index is 1590. The van der Waals surface area contributed by atoms with E-state index in [1.165, 1.54) is 0 Å². The summed E-state index contributed by atoms with van der Waals surface area (Å²) in [4.78, 5) is 19.8. The lowest BCUT2D eigenvalue weighted by atomic mass is 9.96. The minimum absolute atomic E-state index is 0.0779. The molecule has 2 atom stereocenters. The second-order valence-electron chi connectivity index (χ2n) is 10.2. The molecule has 0 aliphatic carbocycles. The van der Waals surface area contributed by atoms with Crippen LogP contribution in [0.3, 0.4) is 0 Å². The lowest BCUT2D eigenvalue weighted by molar-refractivity contribution is -0.116. The number of rotatable bonds is 7. The van der Waals surface area contributed by atoms with Crippen LogP contribution in [0.4, 0.5) is 5.69 Å². The van der Waals surface area contributed by atoms with Crippen LogP contribution in [-0.2, 0) is 4.79 Å². The van der Waals surface area contributed by atoms with Crippen molar-refractivity contribution < 1.29 is 9.90 Å². The predicted molar refractivity (Wildman–Crippen MR) is 163 cm³/mol. The van der Waals surface area contributed by atoms with E-state index in [1.54, 1.807) is 24.4 Å². The van der Waals surface area contributed by atoms with Gasteiger partial charge >= 0.3 is 0 Å². The summed E-state index contributed by atoms with van der Waals surface area (Å²) in [7, 11) is 0. The molecule has 2 aromatic carbocycles. The number of anilines is 1. The first-order chi connectivity index (χ1) is 19.1. The minimum Gasteiger partial charge on any atom is -0.506 e. The molecule has 1 aliphatic rings. The molecule has 2 aromatic heterocycles. The van der Waals surface area contributed by atoms with Gasteiger partial charge in [-0.05, 0) is 99.1 Å². The van der Waals surface area contributed by atoms with Crippen LogP contribution < -0.4 is 10.6 Å². The molecule has 40 heavy (non-hydrogen) atoms. The van der Waals surface area contributed by atoms with Gasteiger partial charge in [0, 0.05) is 41.3 Å². The van der Waals surface area contributed by atoms with E-state index in [1.807, 2.05) is 68.7 Å². The third-order valence-corrected chi connectivity index (χ3v) is 8.00. The zero-order valence-corrected chi connectivity index (χ0v) is 24.5. The quantitative estimate of drug-likeness (QED) is 0.220. The lowest BCUT2D eigenvalue weighted by Gasteiger charge is -2.28. The third kappa shape index (κ3) is 5.42. The summed E-state index contributed by atoms with van der Waals surface area (Å²) < 4.78 is 2.00. The number of carbonyl (C=O) groups excluding carboxylic acids is 1. The smallest absolute Gasteiger partial charge is 0.226 e. The molecule has 0 bridgehead atoms. The average molecular weight is 574 g/mol. The molecule has 7 nitrogen and oxygen atoms in total. The first-order valence-corrected chi connectivity index (χ1v) is 14.0. The zero-order valence-electron chi connectivity index (χ0n) is 22.9. The van der Waals surface area contributed by atoms with Gasteiger partial charge in [-0.2, -0.15) is 0 Å². The monoisotopic (exact) mass is 573 g/mol. The number of phenolic OH excluding ortho intramolecular Hbond substituents is 1. The second kappa shape index (κ2) is 11.3. The van der Waals surface area contributed by atoms with Crippen molar-refractivity contribution in [1.29, 1.82) is 0 Å². The van der Waals surface area contributed by atoms with Crippen LogP contribution in [0.15, 0.2) is 66.9 Å². The fourth-order valence-corrected chi connectivity index (χ4v) is 5.92. The summed E-state index contributed by atoms with van der Waals surface area (Å²) in [5.74, 6) is 0.0601. The fraction of sp³-hybridized carbons (Fsp3) is 0.258. The van der Waals surface area contributed by atoms with Crippen LogP contribution in [0.2, 0.25) is 5.02 Å². The normalized spacial score (nSPS) is 16.7. The van der Waals surface area contributed by atoms with Crippen molar-refractivity contribution in [3.8, 4) is 11.4 Å². The Morgan fingerprint density at radius 3 is 2.65 bits per heavy atom. The summed E-state index contributed by atoms with van der Waals surface area (Å²) in [6.45, 7) is 8.42. The maximum Gasteiger partial charge on any atom is 0.226 e. The maximum atomic E-state index is 13.1. The van der Waals surface area contributed by atoms with Crippen molar-refractivity contribution in [2.24, 2.45) is 0 Å². The van der Waals surface area contributed by atoms with Crippen LogP contribution in [0, 0.1) is 27.7 Å². The third-order valence-electron chi connectivity index (χ3n) is 7.41. The van der Waals surface area contributed by atoms with E-state index in [0.29, 0.717) is 22.4 Å². The van der Waals surface area contributed by atoms with Gasteiger partial charge in [-0.1, -0.05) is 29.8 Å². The van der Waals surface area contributed by atoms with Crippen molar-refractivity contribution in [1.82, 2.24) is 19.8 Å². The summed E-state index contributed by atoms with van der Waals surface area (Å²) >= 11 is 12.1. The Morgan fingerprint density at radius 1 is 1.10 bits per heavy atom. The van der Waals surface area contributed by atoms with E-state index in [4.69, 9.17) is 23.8 Å². The molecule has 3 N–H and O–H groups in total. The Morgan fingerprint density at radius 2 is 1.90 bits per heavy atom. The Balaban J connectivity index is 1.49. The lowest BCUT2D eigenvalue weighted by Crippen LogP contribution is -2.33. The molecule has 1 saturated heterocycles. The van der Waals surface area contributed by atoms with Crippen LogP contribution in [0.25, 0.3) is 5.69 Å². The van der Waals surface area contributed by atoms with Crippen LogP contribution in [0.5, 0.6) is 5.75 Å². The molecule has 0 spiro atoms. The molecule has 1 amide bonds. The summed E-state index contributed by atoms with van der Waals surface area (Å²) in [5, 5.41) is 18.3. The van der Waals surface area contributed by atoms with E-state index in [9.17, 15) is 9.90 Å². The molecule has 0 saturated carbocycles. The van der Waals surface area contributed by atoms with Crippen molar-refractivity contribution in [3.05, 3.63) is 106 Å². The van der Waals surface area contributed by atoms with Gasteiger partial charge in [0.15, 0.2) is 5.11 Å². The molecule has 206 valence electrons. The molecule has 5 rings (SSSR count). The highest BCUT2D eigenvalue weighted by atomic mass is 35.5. The standard InChI is InChI=1S/C31H32ClN5O2S/c1-18-8-9-19(2)25(15-18)34-28(39)12-14-36-30(29(35-31(36)40)24-7-5-6-13-33-24)23-16-20(3)37(21(23)4)26-17-22(32)10-11-27(26)38/h5-11,13,15-17,29-30,38H,12,14H2,1-4H3,(H,34,39)(H,35,40)/t29-,30-/m0/s1. The molecule has 4 aromatic rings. The first kappa shape index (κ1) is 27.7. The highest BCUT2D eigenvalue weighted by Gasteiger charge is 2.41. The van der Waals surface area contributed by atoms with Gasteiger partial charge in [0.1, 0.15) is 5.75 Å². The molecule has 0 unspecified atom stereocenters. The van der Waals surface area contributed by atoms with Gasteiger partial charge in [0.25, 0.3) is 0 Å². The van der Waals surface area contributed by atoms with Gasteiger partial charge in [-0.25, -0.2) is 0 Å². The molecule has 1 aliphatic heterocycles. The zero-order chi connectivity index (χ0) is 28.6. The van der Waals surface area contributed by atoms with Gasteiger partial charge in [0.05, 0.1) is 23.5 Å². The van der Waals surface area contributed by atoms with Gasteiger partial charge < -0.3 is 25.2 Å². The fourth-order valence-electron chi connectivity index (χ4n) is 5.42. The number of carbonyl (C=O) groups is 1. The van der Waals surface area contributed by atoms with E-state index in [-0.39, 0.29) is 30.2 Å². The maximum absolute atomic E-state index is 13.1. The number of phenols is 1. The topological polar surface area (TPSA) is 82.4 Å². The van der Waals surface area contributed by atoms with E-state index < -0.39 is 0 Å². The number of amides is 1. The van der Waals surface area contributed by atoms with E-state index in [0.717, 1.165) is 39.5 Å². The molecule has 1 fully saturated rings. The number of thiocarbonyl (C=S) groups is 1. The number of aryl methyl sites for hydroxylation is 3. The second-order valence-corrected chi connectivity index (χ2v) is 11.1. The van der Waals surface area contributed by atoms with Gasteiger partial charge in [-0.3, -0.25) is 9.78 Å². The number of pyridine rings is 1. The number of aromatic nitrogens is 2. The van der Waals surface area contributed by atoms with Crippen LogP contribution >= 0.6 is 23.8 Å². The number of aromatic hydroxyl groups is 1. The molecular weight excluding hydrogens is 542 g/mol. The highest BCUT2D eigenvalue weighted by molar-refractivity contribution is 7.80. The van der Waals surface area contributed by atoms with Crippen molar-refractivity contribution in [2.45, 2.75) is 46.2 Å². The Labute approximate surface area is 244 Å². The van der Waals surface area contributed by atoms with Gasteiger partial charge in [-0.15, -0.1) is 0 Å². The number of benzene rings is 2. The first-order valence-electron chi connectivity index (χ1n) is 13.2. The van der Waals surface area contributed by atoms with E-state index in [2.05, 4.69) is 26.6 Å². The summed E-state index contributed by atoms with van der Waals surface area (Å²) in [6, 6.07) is 18.5. The largest absolute Gasteiger partial charge is 0.506 e. The van der Waals surface area contributed by atoms with Crippen LogP contribution in [0.1, 0.15) is 52.3 Å². The Kier molecular flexibility index (Phi) is 7.83. The minimum atomic E-state index is -0.225. The van der Waals surface area contributed by atoms with Crippen molar-refractivity contribution >= 4 is 40.5 Å². The number of nitrogens with one attached hydrogen (secondary N) is 2. The summed E-state index contributed by atoms with van der Waals surface area (Å²) in [5.41, 5.74) is 7.29. The Hall–Kier alpha value is -3.88. The molecule has 9 heteroatoms. The number of hydrogen-bond donors (Lipinski definition) is 3. The van der Waals surface area contributed by atoms with E-state index >= 15 is 0 Å². The number of nitrogens with zero attached hydrogens (tertiary/aromatic N) is 3. The number of halogens is 1. The predicted octanol–water partition coefficient (Wildman–Crippen LogP) is 6.47. The highest BCUT2D eigenvalue weighted by Crippen LogP contribution is 2.42. The summed E-state index contributed by atoms with van der Waals surface area (Å²) in [6.07, 6.45) is 2.03. The molecule has 0 radical (unpaired) electrons. The number of hydrogen-bond acceptors (Lipinski definition) is 4. The molecule has 3 heterocycles. The van der Waals surface area contributed by atoms with Crippen molar-refractivity contribution in [3.63, 3.8) is 0 Å². The SMILES string of the molecule is Cc1ccc(C)c(NC(=O)CCN2C(=S)N[C@@H](c3ccccn3)[C@@H]2c2cc(C)n(-c3cc(Cl)ccc3O)c2C)c1.